The van der Waals surface area contributed by atoms with Crippen LogP contribution in [-0.4, -0.2) is 0 Å². The van der Waals surface area contributed by atoms with Gasteiger partial charge in [0.1, 0.15) is 0 Å². The van der Waals surface area contributed by atoms with Crippen LogP contribution in [0.4, 0.5) is 0 Å². The first kappa shape index (κ1) is 14.5. The SMILES string of the molecule is C=C/C(CC)=C(\C=C/c1ccc(C)c(C)c1)CC. The molecule has 0 aliphatic heterocycles. The second kappa shape index (κ2) is 7.00. The summed E-state index contributed by atoms with van der Waals surface area (Å²) in [5, 5.41) is 0. The van der Waals surface area contributed by atoms with Crippen molar-refractivity contribution in [2.45, 2.75) is 40.5 Å². The van der Waals surface area contributed by atoms with Crippen molar-refractivity contribution < 1.29 is 0 Å². The van der Waals surface area contributed by atoms with Crippen LogP contribution < -0.4 is 0 Å². The van der Waals surface area contributed by atoms with Gasteiger partial charge in [-0.1, -0.05) is 56.9 Å². The molecule has 0 amide bonds. The minimum Gasteiger partial charge on any atom is -0.0988 e. The van der Waals surface area contributed by atoms with E-state index in [1.54, 1.807) is 0 Å². The van der Waals surface area contributed by atoms with Crippen molar-refractivity contribution in [1.82, 2.24) is 0 Å². The third-order valence-electron chi connectivity index (χ3n) is 3.43. The Balaban J connectivity index is 3.00. The van der Waals surface area contributed by atoms with Crippen molar-refractivity contribution in [3.05, 3.63) is 64.8 Å². The summed E-state index contributed by atoms with van der Waals surface area (Å²) in [7, 11) is 0. The third-order valence-corrected chi connectivity index (χ3v) is 3.43. The lowest BCUT2D eigenvalue weighted by molar-refractivity contribution is 1.05. The van der Waals surface area contributed by atoms with Gasteiger partial charge in [-0.25, -0.2) is 0 Å². The monoisotopic (exact) mass is 240 g/mol. The van der Waals surface area contributed by atoms with E-state index in [4.69, 9.17) is 0 Å². The molecule has 1 aromatic rings. The summed E-state index contributed by atoms with van der Waals surface area (Å²) in [6, 6.07) is 6.59. The molecular formula is C18H24. The Labute approximate surface area is 112 Å². The molecule has 0 heterocycles. The molecule has 0 nitrogen and oxygen atoms in total. The molecule has 96 valence electrons. The van der Waals surface area contributed by atoms with E-state index in [-0.39, 0.29) is 0 Å². The van der Waals surface area contributed by atoms with Gasteiger partial charge in [-0.15, -0.1) is 0 Å². The molecule has 0 N–H and O–H groups in total. The van der Waals surface area contributed by atoms with E-state index in [1.165, 1.54) is 27.8 Å². The Morgan fingerprint density at radius 3 is 2.22 bits per heavy atom. The van der Waals surface area contributed by atoms with Gasteiger partial charge in [0.25, 0.3) is 0 Å². The highest BCUT2D eigenvalue weighted by Crippen LogP contribution is 2.17. The number of allylic oxidation sites excluding steroid dienone is 4. The molecule has 18 heavy (non-hydrogen) atoms. The van der Waals surface area contributed by atoms with E-state index in [0.29, 0.717) is 0 Å². The number of rotatable bonds is 5. The van der Waals surface area contributed by atoms with Gasteiger partial charge >= 0.3 is 0 Å². The number of hydrogen-bond acceptors (Lipinski definition) is 0. The average Bonchev–Trinajstić information content (AvgIpc) is 2.38. The molecule has 1 aromatic carbocycles. The molecule has 0 atom stereocenters. The normalized spacial score (nSPS) is 12.7. The van der Waals surface area contributed by atoms with Crippen molar-refractivity contribution in [2.24, 2.45) is 0 Å². The highest BCUT2D eigenvalue weighted by Gasteiger charge is 1.97. The van der Waals surface area contributed by atoms with E-state index >= 15 is 0 Å². The van der Waals surface area contributed by atoms with Crippen molar-refractivity contribution in [3.63, 3.8) is 0 Å². The maximum absolute atomic E-state index is 3.89. The average molecular weight is 240 g/mol. The molecule has 0 fully saturated rings. The molecular weight excluding hydrogens is 216 g/mol. The van der Waals surface area contributed by atoms with Crippen LogP contribution >= 0.6 is 0 Å². The molecule has 0 unspecified atom stereocenters. The van der Waals surface area contributed by atoms with E-state index in [0.717, 1.165) is 12.8 Å². The Hall–Kier alpha value is -1.56. The summed E-state index contributed by atoms with van der Waals surface area (Å²) >= 11 is 0. The Kier molecular flexibility index (Phi) is 5.64. The van der Waals surface area contributed by atoms with Crippen LogP contribution in [0, 0.1) is 13.8 Å². The molecule has 0 aliphatic rings. The number of aryl methyl sites for hydroxylation is 2. The van der Waals surface area contributed by atoms with Crippen LogP contribution in [0.2, 0.25) is 0 Å². The second-order valence-electron chi connectivity index (χ2n) is 4.64. The maximum atomic E-state index is 3.89. The van der Waals surface area contributed by atoms with Gasteiger partial charge in [0, 0.05) is 0 Å². The van der Waals surface area contributed by atoms with Gasteiger partial charge < -0.3 is 0 Å². The zero-order chi connectivity index (χ0) is 13.5. The summed E-state index contributed by atoms with van der Waals surface area (Å²) in [5.41, 5.74) is 6.68. The van der Waals surface area contributed by atoms with Crippen LogP contribution in [0.3, 0.4) is 0 Å². The van der Waals surface area contributed by atoms with Crippen LogP contribution in [0.25, 0.3) is 6.08 Å². The summed E-state index contributed by atoms with van der Waals surface area (Å²) in [6.07, 6.45) is 8.50. The molecule has 0 aliphatic carbocycles. The van der Waals surface area contributed by atoms with E-state index in [9.17, 15) is 0 Å². The summed E-state index contributed by atoms with van der Waals surface area (Å²) in [4.78, 5) is 0. The smallest absolute Gasteiger partial charge is 0.0254 e. The molecule has 0 bridgehead atoms. The molecule has 0 radical (unpaired) electrons. The zero-order valence-electron chi connectivity index (χ0n) is 12.1. The third kappa shape index (κ3) is 3.73. The fraction of sp³-hybridized carbons (Fsp3) is 0.333. The van der Waals surface area contributed by atoms with Gasteiger partial charge in [0.05, 0.1) is 0 Å². The fourth-order valence-electron chi connectivity index (χ4n) is 2.02. The quantitative estimate of drug-likeness (QED) is 0.586. The standard InChI is InChI=1S/C18H24/c1-6-17(7-2)18(8-3)12-11-16-10-9-14(4)15(5)13-16/h6,9-13H,1,7-8H2,2-5H3/b12-11-,18-17+. The molecule has 1 rings (SSSR count). The van der Waals surface area contributed by atoms with E-state index < -0.39 is 0 Å². The lowest BCUT2D eigenvalue weighted by atomic mass is 10.0. The minimum atomic E-state index is 1.05. The summed E-state index contributed by atoms with van der Waals surface area (Å²) in [6.45, 7) is 12.6. The van der Waals surface area contributed by atoms with Gasteiger partial charge in [0.2, 0.25) is 0 Å². The maximum Gasteiger partial charge on any atom is -0.0254 e. The van der Waals surface area contributed by atoms with Crippen molar-refractivity contribution >= 4 is 6.08 Å². The van der Waals surface area contributed by atoms with E-state index in [2.05, 4.69) is 64.6 Å². The Morgan fingerprint density at radius 1 is 1.06 bits per heavy atom. The predicted molar refractivity (Wildman–Crippen MR) is 82.8 cm³/mol. The Bertz CT molecular complexity index is 473. The van der Waals surface area contributed by atoms with Crippen LogP contribution in [0.15, 0.2) is 48.1 Å². The predicted octanol–water partition coefficient (Wildman–Crippen LogP) is 5.62. The Morgan fingerprint density at radius 2 is 1.72 bits per heavy atom. The molecule has 0 spiro atoms. The lowest BCUT2D eigenvalue weighted by Crippen LogP contribution is -1.85. The molecule has 0 heteroatoms. The minimum absolute atomic E-state index is 1.05. The van der Waals surface area contributed by atoms with Crippen LogP contribution in [0.1, 0.15) is 43.4 Å². The molecule has 0 saturated carbocycles. The largest absolute Gasteiger partial charge is 0.0988 e. The first-order chi connectivity index (χ1) is 8.62. The van der Waals surface area contributed by atoms with Crippen LogP contribution in [0.5, 0.6) is 0 Å². The van der Waals surface area contributed by atoms with Gasteiger partial charge in [-0.05, 0) is 54.5 Å². The highest BCUT2D eigenvalue weighted by atomic mass is 14.0. The summed E-state index contributed by atoms with van der Waals surface area (Å²) < 4.78 is 0. The van der Waals surface area contributed by atoms with Gasteiger partial charge in [0.15, 0.2) is 0 Å². The highest BCUT2D eigenvalue weighted by molar-refractivity contribution is 5.55. The van der Waals surface area contributed by atoms with Gasteiger partial charge in [-0.2, -0.15) is 0 Å². The van der Waals surface area contributed by atoms with Crippen LogP contribution in [-0.2, 0) is 0 Å². The lowest BCUT2D eigenvalue weighted by Gasteiger charge is -2.05. The summed E-state index contributed by atoms with van der Waals surface area (Å²) in [5.74, 6) is 0. The molecule has 0 aromatic heterocycles. The van der Waals surface area contributed by atoms with Crippen molar-refractivity contribution in [2.75, 3.05) is 0 Å². The topological polar surface area (TPSA) is 0 Å². The second-order valence-corrected chi connectivity index (χ2v) is 4.64. The first-order valence-corrected chi connectivity index (χ1v) is 6.72. The van der Waals surface area contributed by atoms with E-state index in [1.807, 2.05) is 6.08 Å². The fourth-order valence-corrected chi connectivity index (χ4v) is 2.02. The molecule has 0 saturated heterocycles. The zero-order valence-corrected chi connectivity index (χ0v) is 12.1. The van der Waals surface area contributed by atoms with Crippen molar-refractivity contribution in [1.29, 1.82) is 0 Å². The van der Waals surface area contributed by atoms with Crippen molar-refractivity contribution in [3.8, 4) is 0 Å². The number of hydrogen-bond donors (Lipinski definition) is 0. The first-order valence-electron chi connectivity index (χ1n) is 6.72. The van der Waals surface area contributed by atoms with Gasteiger partial charge in [-0.3, -0.25) is 0 Å². The number of benzene rings is 1.